The van der Waals surface area contributed by atoms with Crippen LogP contribution >= 0.6 is 11.8 Å². The third kappa shape index (κ3) is 3.35. The van der Waals surface area contributed by atoms with Gasteiger partial charge in [-0.25, -0.2) is 0 Å². The van der Waals surface area contributed by atoms with E-state index in [4.69, 9.17) is 14.2 Å². The number of hydrogen-bond donors (Lipinski definition) is 0. The van der Waals surface area contributed by atoms with Crippen molar-refractivity contribution in [2.45, 2.75) is 56.9 Å². The molecule has 2 heterocycles. The Balaban J connectivity index is 1.70. The van der Waals surface area contributed by atoms with Crippen LogP contribution in [-0.4, -0.2) is 29.5 Å². The van der Waals surface area contributed by atoms with Gasteiger partial charge in [0.1, 0.15) is 11.5 Å². The predicted molar refractivity (Wildman–Crippen MR) is 89.7 cm³/mol. The van der Waals surface area contributed by atoms with Gasteiger partial charge in [0.25, 0.3) is 0 Å². The fraction of sp³-hybridized carbons (Fsp3) is 0.667. The number of ether oxygens (including phenoxy) is 3. The van der Waals surface area contributed by atoms with Crippen molar-refractivity contribution in [3.8, 4) is 0 Å². The molecule has 0 aromatic heterocycles. The molecule has 0 saturated carbocycles. The van der Waals surface area contributed by atoms with E-state index >= 15 is 0 Å². The van der Waals surface area contributed by atoms with Crippen LogP contribution in [0.15, 0.2) is 30.3 Å². The third-order valence-electron chi connectivity index (χ3n) is 4.62. The first-order chi connectivity index (χ1) is 10.6. The molecule has 3 nitrogen and oxygen atoms in total. The first-order valence-corrected chi connectivity index (χ1v) is 9.13. The average Bonchev–Trinajstić information content (AvgIpc) is 2.52. The first-order valence-electron chi connectivity index (χ1n) is 8.19. The lowest BCUT2D eigenvalue weighted by molar-refractivity contribution is -0.300. The maximum atomic E-state index is 6.28. The molecule has 3 rings (SSSR count). The lowest BCUT2D eigenvalue weighted by Crippen LogP contribution is -2.54. The Kier molecular flexibility index (Phi) is 5.13. The van der Waals surface area contributed by atoms with Crippen LogP contribution in [0.25, 0.3) is 0 Å². The highest BCUT2D eigenvalue weighted by Crippen LogP contribution is 2.42. The number of hydrogen-bond acceptors (Lipinski definition) is 4. The van der Waals surface area contributed by atoms with Gasteiger partial charge in [0.2, 0.25) is 0 Å². The van der Waals surface area contributed by atoms with Crippen molar-refractivity contribution < 1.29 is 14.2 Å². The van der Waals surface area contributed by atoms with Crippen molar-refractivity contribution in [2.24, 2.45) is 11.8 Å². The minimum atomic E-state index is -0.269. The molecule has 0 amide bonds. The lowest BCUT2D eigenvalue weighted by Gasteiger charge is -2.48. The van der Waals surface area contributed by atoms with E-state index in [-0.39, 0.29) is 23.9 Å². The van der Waals surface area contributed by atoms with E-state index in [1.54, 1.807) is 0 Å². The van der Waals surface area contributed by atoms with Crippen molar-refractivity contribution in [3.05, 3.63) is 35.9 Å². The molecular weight excluding hydrogens is 296 g/mol. The van der Waals surface area contributed by atoms with Gasteiger partial charge >= 0.3 is 0 Å². The summed E-state index contributed by atoms with van der Waals surface area (Å²) in [4.78, 5) is 0. The molecule has 2 saturated heterocycles. The molecule has 0 bridgehead atoms. The largest absolute Gasteiger partial charge is 0.359 e. The summed E-state index contributed by atoms with van der Waals surface area (Å²) in [6, 6.07) is 10.2. The van der Waals surface area contributed by atoms with Crippen molar-refractivity contribution in [1.82, 2.24) is 0 Å². The van der Waals surface area contributed by atoms with Gasteiger partial charge in [0, 0.05) is 10.8 Å². The zero-order valence-electron chi connectivity index (χ0n) is 13.8. The summed E-state index contributed by atoms with van der Waals surface area (Å²) in [6.07, 6.45) is -0.115. The molecule has 0 N–H and O–H groups in total. The fourth-order valence-electron chi connectivity index (χ4n) is 3.18. The van der Waals surface area contributed by atoms with Gasteiger partial charge < -0.3 is 14.2 Å². The Bertz CT molecular complexity index is 476. The van der Waals surface area contributed by atoms with Crippen LogP contribution in [0.5, 0.6) is 0 Å². The van der Waals surface area contributed by atoms with Gasteiger partial charge in [-0.2, -0.15) is 0 Å². The van der Waals surface area contributed by atoms with Crippen LogP contribution in [0, 0.1) is 11.8 Å². The molecule has 122 valence electrons. The monoisotopic (exact) mass is 322 g/mol. The van der Waals surface area contributed by atoms with E-state index in [0.717, 1.165) is 5.56 Å². The van der Waals surface area contributed by atoms with Gasteiger partial charge in [-0.3, -0.25) is 0 Å². The molecule has 1 aromatic rings. The average molecular weight is 322 g/mol. The number of rotatable bonds is 3. The predicted octanol–water partition coefficient (Wildman–Crippen LogP) is 4.24. The van der Waals surface area contributed by atoms with Gasteiger partial charge in [-0.1, -0.05) is 58.0 Å². The quantitative estimate of drug-likeness (QED) is 0.832. The van der Waals surface area contributed by atoms with E-state index in [0.29, 0.717) is 23.7 Å². The second kappa shape index (κ2) is 6.91. The molecule has 6 atom stereocenters. The van der Waals surface area contributed by atoms with Crippen molar-refractivity contribution in [3.63, 3.8) is 0 Å². The standard InChI is InChI=1S/C18H26O3S/c1-11(2)22-18-13(4)12(3)16-15(20-18)10-19-17(21-16)14-8-6-5-7-9-14/h5-9,11-13,15-18H,10H2,1-4H3. The highest BCUT2D eigenvalue weighted by atomic mass is 32.2. The highest BCUT2D eigenvalue weighted by Gasteiger charge is 2.46. The van der Waals surface area contributed by atoms with Crippen molar-refractivity contribution >= 4 is 11.8 Å². The Labute approximate surface area is 137 Å². The van der Waals surface area contributed by atoms with Crippen molar-refractivity contribution in [1.29, 1.82) is 0 Å². The Morgan fingerprint density at radius 3 is 2.45 bits per heavy atom. The maximum Gasteiger partial charge on any atom is 0.184 e. The van der Waals surface area contributed by atoms with E-state index in [1.165, 1.54) is 0 Å². The zero-order chi connectivity index (χ0) is 15.7. The second-order valence-corrected chi connectivity index (χ2v) is 8.30. The maximum absolute atomic E-state index is 6.28. The molecule has 22 heavy (non-hydrogen) atoms. The van der Waals surface area contributed by atoms with Crippen LogP contribution < -0.4 is 0 Å². The van der Waals surface area contributed by atoms with Crippen LogP contribution in [0.4, 0.5) is 0 Å². The van der Waals surface area contributed by atoms with Gasteiger partial charge in [0.05, 0.1) is 12.7 Å². The SMILES string of the molecule is CC(C)SC1OC2COC(c3ccccc3)OC2C(C)C1C. The van der Waals surface area contributed by atoms with Gasteiger partial charge in [0.15, 0.2) is 6.29 Å². The Morgan fingerprint density at radius 1 is 1.05 bits per heavy atom. The molecule has 0 spiro atoms. The molecule has 2 fully saturated rings. The molecule has 4 heteroatoms. The van der Waals surface area contributed by atoms with Gasteiger partial charge in [-0.05, 0) is 11.8 Å². The van der Waals surface area contributed by atoms with E-state index in [9.17, 15) is 0 Å². The minimum Gasteiger partial charge on any atom is -0.359 e. The van der Waals surface area contributed by atoms with Gasteiger partial charge in [-0.15, -0.1) is 11.8 Å². The summed E-state index contributed by atoms with van der Waals surface area (Å²) in [5.74, 6) is 0.938. The summed E-state index contributed by atoms with van der Waals surface area (Å²) < 4.78 is 18.5. The van der Waals surface area contributed by atoms with Crippen LogP contribution in [0.2, 0.25) is 0 Å². The van der Waals surface area contributed by atoms with Crippen LogP contribution in [0.1, 0.15) is 39.5 Å². The highest BCUT2D eigenvalue weighted by molar-refractivity contribution is 8.00. The smallest absolute Gasteiger partial charge is 0.184 e. The number of fused-ring (bicyclic) bond motifs is 1. The topological polar surface area (TPSA) is 27.7 Å². The van der Waals surface area contributed by atoms with Crippen LogP contribution in [0.3, 0.4) is 0 Å². The molecule has 0 aliphatic carbocycles. The van der Waals surface area contributed by atoms with E-state index < -0.39 is 0 Å². The summed E-state index contributed by atoms with van der Waals surface area (Å²) >= 11 is 1.91. The third-order valence-corrected chi connectivity index (χ3v) is 5.98. The fourth-order valence-corrected chi connectivity index (χ4v) is 4.42. The van der Waals surface area contributed by atoms with E-state index in [1.807, 2.05) is 30.0 Å². The number of thioether (sulfide) groups is 1. The van der Waals surface area contributed by atoms with E-state index in [2.05, 4.69) is 39.8 Å². The first kappa shape index (κ1) is 16.3. The summed E-state index contributed by atoms with van der Waals surface area (Å²) in [6.45, 7) is 9.60. The normalized spacial score (nSPS) is 38.8. The zero-order valence-corrected chi connectivity index (χ0v) is 14.6. The summed E-state index contributed by atoms with van der Waals surface area (Å²) in [5.41, 5.74) is 1.32. The number of benzene rings is 1. The molecule has 0 radical (unpaired) electrons. The summed E-state index contributed by atoms with van der Waals surface area (Å²) in [7, 11) is 0. The molecule has 6 unspecified atom stereocenters. The second-order valence-electron chi connectivity index (χ2n) is 6.62. The molecule has 2 aliphatic heterocycles. The summed E-state index contributed by atoms with van der Waals surface area (Å²) in [5, 5.41) is 0.568. The Hall–Kier alpha value is -0.550. The van der Waals surface area contributed by atoms with Crippen LogP contribution in [-0.2, 0) is 14.2 Å². The Morgan fingerprint density at radius 2 is 1.77 bits per heavy atom. The minimum absolute atomic E-state index is 0.0439. The molecule has 1 aromatic carbocycles. The van der Waals surface area contributed by atoms with Crippen molar-refractivity contribution in [2.75, 3.05) is 6.61 Å². The molecular formula is C18H26O3S. The molecule has 2 aliphatic rings. The lowest BCUT2D eigenvalue weighted by atomic mass is 9.85.